The zero-order chi connectivity index (χ0) is 78.3. The number of rotatable bonds is 9. The molecule has 2 spiro atoms. The molecular formula is C110H72N6O2. The van der Waals surface area contributed by atoms with Gasteiger partial charge in [-0.15, -0.1) is 0 Å². The van der Waals surface area contributed by atoms with Crippen molar-refractivity contribution in [1.29, 1.82) is 0 Å². The largest absolute Gasteiger partial charge is 0.456 e. The minimum atomic E-state index is -0.640. The Hall–Kier alpha value is -14.9. The minimum Gasteiger partial charge on any atom is -0.456 e. The van der Waals surface area contributed by atoms with E-state index in [9.17, 15) is 0 Å². The molecule has 24 rings (SSSR count). The van der Waals surface area contributed by atoms with E-state index in [1.165, 1.54) is 66.8 Å². The van der Waals surface area contributed by atoms with Gasteiger partial charge in [-0.2, -0.15) is 0 Å². The third-order valence-electron chi connectivity index (χ3n) is 26.1. The van der Waals surface area contributed by atoms with Gasteiger partial charge >= 0.3 is 0 Å². The van der Waals surface area contributed by atoms with Gasteiger partial charge in [0.25, 0.3) is 0 Å². The fraction of sp³-hybridized carbons (Fsp3) is 0.0727. The summed E-state index contributed by atoms with van der Waals surface area (Å²) in [6.45, 7) is 9.43. The zero-order valence-electron chi connectivity index (χ0n) is 65.1. The van der Waals surface area contributed by atoms with E-state index in [4.69, 9.17) is 39.1 Å². The highest BCUT2D eigenvalue weighted by molar-refractivity contribution is 6.17. The number of furan rings is 1. The second-order valence-corrected chi connectivity index (χ2v) is 33.0. The summed E-state index contributed by atoms with van der Waals surface area (Å²) in [4.78, 5) is 32.7. The molecule has 0 amide bonds. The Labute approximate surface area is 683 Å². The summed E-state index contributed by atoms with van der Waals surface area (Å²) in [7, 11) is 0. The molecule has 118 heavy (non-hydrogen) atoms. The van der Waals surface area contributed by atoms with Gasteiger partial charge in [0.15, 0.2) is 34.9 Å². The van der Waals surface area contributed by atoms with Gasteiger partial charge in [0.05, 0.1) is 10.8 Å². The molecule has 0 fully saturated rings. The first-order valence-electron chi connectivity index (χ1n) is 40.6. The van der Waals surface area contributed by atoms with Crippen LogP contribution in [0.15, 0.2) is 368 Å². The number of hydrogen-bond donors (Lipinski definition) is 0. The molecule has 1 aliphatic heterocycles. The van der Waals surface area contributed by atoms with Crippen molar-refractivity contribution in [3.8, 4) is 147 Å². The molecule has 5 aliphatic rings. The molecular weight excluding hydrogens is 1440 g/mol. The number of aromatic nitrogens is 6. The molecule has 0 N–H and O–H groups in total. The maximum Gasteiger partial charge on any atom is 0.164 e. The van der Waals surface area contributed by atoms with Crippen LogP contribution in [0.2, 0.25) is 0 Å². The standard InChI is InChI=1S/C110H72N6O2/c1-107(2)87-48-22-23-49-88(87)109(83-44-18-14-39-75(83)76-40-15-19-45-84(76)109)91-61-60-80-95-82(106-114-102(69-33-12-7-13-34-69)112-104(116-106)72-37-26-35-70(63-72)65-29-8-5-9-30-65)58-57-74(98(95)118-99(80)97(91)107)67-55-53-66(54-56-67)71-36-27-38-73(64-71)103-111-101(68-31-10-6-11-32-68)113-105(115-103)81-43-28-51-90-94(81)79-59-62-92-100(96(79)108(90,3)4)117-93-52-25-24-50-89(93)110(92)85-46-20-16-41-77(85)78-42-17-21-47-86(78)110/h5-64H,1-4H3. The molecule has 4 aliphatic carbocycles. The maximum absolute atomic E-state index is 7.91. The van der Waals surface area contributed by atoms with Gasteiger partial charge in [0, 0.05) is 82.8 Å². The van der Waals surface area contributed by atoms with Gasteiger partial charge in [0.2, 0.25) is 0 Å². The molecule has 0 unspecified atom stereocenters. The zero-order valence-corrected chi connectivity index (χ0v) is 65.1. The third-order valence-corrected chi connectivity index (χ3v) is 26.1. The summed E-state index contributed by atoms with van der Waals surface area (Å²) in [6, 6.07) is 131. The van der Waals surface area contributed by atoms with Gasteiger partial charge in [-0.1, -0.05) is 361 Å². The smallest absolute Gasteiger partial charge is 0.164 e. The second kappa shape index (κ2) is 25.3. The maximum atomic E-state index is 7.91. The Morgan fingerprint density at radius 3 is 1.17 bits per heavy atom. The van der Waals surface area contributed by atoms with Crippen LogP contribution >= 0.6 is 0 Å². The van der Waals surface area contributed by atoms with Crippen LogP contribution in [0.25, 0.3) is 157 Å². The average Bonchev–Trinajstić information content (AvgIpc) is 1.41. The highest BCUT2D eigenvalue weighted by Crippen LogP contribution is 2.68. The normalized spacial score (nSPS) is 14.4. The number of hydrogen-bond acceptors (Lipinski definition) is 8. The van der Waals surface area contributed by atoms with E-state index in [1.807, 2.05) is 42.5 Å². The van der Waals surface area contributed by atoms with Gasteiger partial charge in [-0.3, -0.25) is 0 Å². The van der Waals surface area contributed by atoms with Gasteiger partial charge in [0.1, 0.15) is 22.7 Å². The van der Waals surface area contributed by atoms with E-state index in [2.05, 4.69) is 349 Å². The third kappa shape index (κ3) is 9.54. The fourth-order valence-electron chi connectivity index (χ4n) is 21.0. The lowest BCUT2D eigenvalue weighted by Gasteiger charge is -2.46. The Morgan fingerprint density at radius 2 is 0.602 bits per heavy atom. The predicted octanol–water partition coefficient (Wildman–Crippen LogP) is 26.7. The highest BCUT2D eigenvalue weighted by atomic mass is 16.5. The van der Waals surface area contributed by atoms with Crippen LogP contribution in [-0.2, 0) is 21.7 Å². The number of nitrogens with zero attached hydrogens (tertiary/aromatic N) is 6. The molecule has 16 aromatic carbocycles. The molecule has 0 saturated heterocycles. The number of fused-ring (bicyclic) bond motifs is 26. The molecule has 19 aromatic rings. The first-order valence-corrected chi connectivity index (χ1v) is 40.6. The predicted molar refractivity (Wildman–Crippen MR) is 474 cm³/mol. The highest BCUT2D eigenvalue weighted by Gasteiger charge is 2.56. The average molecular weight is 1510 g/mol. The van der Waals surface area contributed by atoms with Crippen molar-refractivity contribution in [1.82, 2.24) is 29.9 Å². The Morgan fingerprint density at radius 1 is 0.220 bits per heavy atom. The molecule has 0 bridgehead atoms. The Kier molecular flexibility index (Phi) is 14.5. The molecule has 0 atom stereocenters. The van der Waals surface area contributed by atoms with Gasteiger partial charge in [-0.25, -0.2) is 29.9 Å². The van der Waals surface area contributed by atoms with E-state index < -0.39 is 21.7 Å². The van der Waals surface area contributed by atoms with Crippen LogP contribution in [0.4, 0.5) is 0 Å². The van der Waals surface area contributed by atoms with Crippen LogP contribution < -0.4 is 4.74 Å². The van der Waals surface area contributed by atoms with E-state index in [0.29, 0.717) is 34.9 Å². The summed E-state index contributed by atoms with van der Waals surface area (Å²) in [6.07, 6.45) is 0. The summed E-state index contributed by atoms with van der Waals surface area (Å²) in [5.74, 6) is 5.19. The molecule has 554 valence electrons. The number of ether oxygens (including phenoxy) is 1. The summed E-state index contributed by atoms with van der Waals surface area (Å²) in [5.41, 5.74) is 32.5. The topological polar surface area (TPSA) is 99.7 Å². The lowest BCUT2D eigenvalue weighted by molar-refractivity contribution is 0.422. The van der Waals surface area contributed by atoms with Crippen molar-refractivity contribution in [3.63, 3.8) is 0 Å². The van der Waals surface area contributed by atoms with Crippen LogP contribution in [0.3, 0.4) is 0 Å². The van der Waals surface area contributed by atoms with Gasteiger partial charge in [-0.05, 0) is 136 Å². The Bertz CT molecular complexity index is 7380. The first-order chi connectivity index (χ1) is 58.0. The molecule has 3 aromatic heterocycles. The number of benzene rings is 16. The lowest BCUT2D eigenvalue weighted by atomic mass is 9.55. The van der Waals surface area contributed by atoms with Crippen LogP contribution in [0, 0.1) is 0 Å². The lowest BCUT2D eigenvalue weighted by Crippen LogP contribution is -2.40. The second-order valence-electron chi connectivity index (χ2n) is 33.0. The van der Waals surface area contributed by atoms with Gasteiger partial charge < -0.3 is 9.15 Å². The van der Waals surface area contributed by atoms with Crippen molar-refractivity contribution < 1.29 is 9.15 Å². The van der Waals surface area contributed by atoms with E-state index in [-0.39, 0.29) is 0 Å². The van der Waals surface area contributed by atoms with Crippen molar-refractivity contribution in [2.45, 2.75) is 49.4 Å². The van der Waals surface area contributed by atoms with Crippen molar-refractivity contribution >= 4 is 21.9 Å². The van der Waals surface area contributed by atoms with E-state index >= 15 is 0 Å². The first kappa shape index (κ1) is 67.6. The van der Waals surface area contributed by atoms with Crippen molar-refractivity contribution in [3.05, 3.63) is 431 Å². The SMILES string of the molecule is CC1(C)c2cccc(-c3nc(-c4ccccc4)nc(-c4cccc(-c5ccc(-c6ccc(-c7nc(-c8ccccc8)nc(-c8cccc(-c9ccccc9)c8)n7)c7c6oc6c8c(ccc67)C6(c7ccccc7-c7ccccc76)c6ccccc6C8(C)C)cc5)c4)n3)c2-c2ccc3c(c21)Oc1ccccc1C31c2ccccc2-c2ccccc21. The van der Waals surface area contributed by atoms with E-state index in [1.54, 1.807) is 0 Å². The van der Waals surface area contributed by atoms with Crippen LogP contribution in [0.1, 0.15) is 94.5 Å². The molecule has 0 saturated carbocycles. The fourth-order valence-corrected chi connectivity index (χ4v) is 21.0. The summed E-state index contributed by atoms with van der Waals surface area (Å²) in [5, 5.41) is 1.90. The van der Waals surface area contributed by atoms with Crippen LogP contribution in [-0.4, -0.2) is 29.9 Å². The quantitative estimate of drug-likeness (QED) is 0.141. The van der Waals surface area contributed by atoms with E-state index in [0.717, 1.165) is 134 Å². The number of para-hydroxylation sites is 1. The van der Waals surface area contributed by atoms with Crippen molar-refractivity contribution in [2.24, 2.45) is 0 Å². The minimum absolute atomic E-state index is 0.490. The monoisotopic (exact) mass is 1510 g/mol. The molecule has 4 heterocycles. The molecule has 0 radical (unpaired) electrons. The molecule has 8 heteroatoms. The van der Waals surface area contributed by atoms with Crippen LogP contribution in [0.5, 0.6) is 11.5 Å². The van der Waals surface area contributed by atoms with Crippen molar-refractivity contribution in [2.75, 3.05) is 0 Å². The molecule has 8 nitrogen and oxygen atoms in total. The summed E-state index contributed by atoms with van der Waals surface area (Å²) < 4.78 is 15.3. The Balaban J connectivity index is 0.656. The summed E-state index contributed by atoms with van der Waals surface area (Å²) >= 11 is 0.